The van der Waals surface area contributed by atoms with Gasteiger partial charge in [0.1, 0.15) is 5.78 Å². The molecule has 0 saturated heterocycles. The van der Waals surface area contributed by atoms with Crippen LogP contribution in [0, 0.1) is 11.3 Å². The normalized spacial score (nSPS) is 32.6. The van der Waals surface area contributed by atoms with Gasteiger partial charge in [0.05, 0.1) is 5.41 Å². The SMILES string of the molecule is CCC(=O)[C@H]1CC[C@](C)(C(=O)O)CC1. The lowest BCUT2D eigenvalue weighted by Crippen LogP contribution is -2.34. The molecule has 0 aromatic rings. The number of carbonyl (C=O) groups is 2. The van der Waals surface area contributed by atoms with Crippen molar-refractivity contribution in [3.05, 3.63) is 0 Å². The summed E-state index contributed by atoms with van der Waals surface area (Å²) >= 11 is 0. The molecule has 0 atom stereocenters. The first-order valence-corrected chi connectivity index (χ1v) is 5.25. The molecule has 3 heteroatoms. The van der Waals surface area contributed by atoms with E-state index in [1.807, 2.05) is 6.92 Å². The van der Waals surface area contributed by atoms with Gasteiger partial charge in [-0.2, -0.15) is 0 Å². The van der Waals surface area contributed by atoms with Gasteiger partial charge >= 0.3 is 5.97 Å². The molecule has 0 aromatic carbocycles. The Hall–Kier alpha value is -0.860. The lowest BCUT2D eigenvalue weighted by atomic mass is 9.70. The third-order valence-corrected chi connectivity index (χ3v) is 3.41. The molecule has 0 radical (unpaired) electrons. The van der Waals surface area contributed by atoms with Gasteiger partial charge in [0, 0.05) is 12.3 Å². The lowest BCUT2D eigenvalue weighted by Gasteiger charge is -2.33. The Morgan fingerprint density at radius 2 is 1.86 bits per heavy atom. The molecule has 80 valence electrons. The van der Waals surface area contributed by atoms with Gasteiger partial charge in [-0.15, -0.1) is 0 Å². The lowest BCUT2D eigenvalue weighted by molar-refractivity contribution is -0.151. The Bertz CT molecular complexity index is 237. The highest BCUT2D eigenvalue weighted by molar-refractivity contribution is 5.81. The van der Waals surface area contributed by atoms with E-state index in [0.29, 0.717) is 19.3 Å². The Morgan fingerprint density at radius 3 is 2.21 bits per heavy atom. The molecule has 0 unspecified atom stereocenters. The smallest absolute Gasteiger partial charge is 0.309 e. The number of aliphatic carboxylic acids is 1. The summed E-state index contributed by atoms with van der Waals surface area (Å²) in [7, 11) is 0. The van der Waals surface area contributed by atoms with Gasteiger partial charge in [-0.3, -0.25) is 9.59 Å². The van der Waals surface area contributed by atoms with Gasteiger partial charge in [0.25, 0.3) is 0 Å². The molecule has 0 heterocycles. The third kappa shape index (κ3) is 2.14. The van der Waals surface area contributed by atoms with E-state index >= 15 is 0 Å². The zero-order valence-corrected chi connectivity index (χ0v) is 8.88. The molecule has 0 spiro atoms. The van der Waals surface area contributed by atoms with Crippen LogP contribution in [-0.4, -0.2) is 16.9 Å². The molecule has 0 aromatic heterocycles. The fourth-order valence-corrected chi connectivity index (χ4v) is 2.08. The van der Waals surface area contributed by atoms with E-state index in [2.05, 4.69) is 0 Å². The van der Waals surface area contributed by atoms with E-state index in [0.717, 1.165) is 12.8 Å². The minimum atomic E-state index is -0.722. The quantitative estimate of drug-likeness (QED) is 0.756. The van der Waals surface area contributed by atoms with E-state index in [1.54, 1.807) is 6.92 Å². The number of carboxylic acid groups (broad SMARTS) is 1. The van der Waals surface area contributed by atoms with Crippen LogP contribution >= 0.6 is 0 Å². The molecule has 0 aliphatic heterocycles. The molecule has 1 N–H and O–H groups in total. The summed E-state index contributed by atoms with van der Waals surface area (Å²) in [4.78, 5) is 22.3. The minimum Gasteiger partial charge on any atom is -0.481 e. The fourth-order valence-electron chi connectivity index (χ4n) is 2.08. The first kappa shape index (κ1) is 11.2. The number of carboxylic acids is 1. The van der Waals surface area contributed by atoms with Crippen molar-refractivity contribution in [2.24, 2.45) is 11.3 Å². The van der Waals surface area contributed by atoms with Gasteiger partial charge < -0.3 is 5.11 Å². The van der Waals surface area contributed by atoms with E-state index in [-0.39, 0.29) is 11.7 Å². The number of Topliss-reactive ketones (excluding diaryl/α,β-unsaturated/α-hetero) is 1. The molecular weight excluding hydrogens is 180 g/mol. The summed E-state index contributed by atoms with van der Waals surface area (Å²) in [5.41, 5.74) is -0.593. The zero-order valence-electron chi connectivity index (χ0n) is 8.88. The zero-order chi connectivity index (χ0) is 10.8. The molecule has 3 nitrogen and oxygen atoms in total. The summed E-state index contributed by atoms with van der Waals surface area (Å²) in [5, 5.41) is 8.99. The van der Waals surface area contributed by atoms with Crippen molar-refractivity contribution in [2.45, 2.75) is 46.0 Å². The number of rotatable bonds is 3. The Labute approximate surface area is 84.5 Å². The molecule has 1 fully saturated rings. The summed E-state index contributed by atoms with van der Waals surface area (Å²) in [6.45, 7) is 3.65. The van der Waals surface area contributed by atoms with Gasteiger partial charge in [0.2, 0.25) is 0 Å². The molecule has 0 amide bonds. The highest BCUT2D eigenvalue weighted by atomic mass is 16.4. The average molecular weight is 198 g/mol. The maximum atomic E-state index is 11.4. The van der Waals surface area contributed by atoms with Gasteiger partial charge in [0.15, 0.2) is 0 Å². The van der Waals surface area contributed by atoms with Crippen molar-refractivity contribution in [1.29, 1.82) is 0 Å². The number of carbonyl (C=O) groups excluding carboxylic acids is 1. The van der Waals surface area contributed by atoms with Crippen LogP contribution in [0.4, 0.5) is 0 Å². The van der Waals surface area contributed by atoms with Crippen LogP contribution < -0.4 is 0 Å². The maximum absolute atomic E-state index is 11.4. The van der Waals surface area contributed by atoms with Crippen LogP contribution in [0.3, 0.4) is 0 Å². The topological polar surface area (TPSA) is 54.4 Å². The summed E-state index contributed by atoms with van der Waals surface area (Å²) in [5.74, 6) is -0.315. The van der Waals surface area contributed by atoms with Crippen molar-refractivity contribution in [3.8, 4) is 0 Å². The van der Waals surface area contributed by atoms with Crippen LogP contribution in [0.1, 0.15) is 46.0 Å². The van der Waals surface area contributed by atoms with Crippen molar-refractivity contribution >= 4 is 11.8 Å². The van der Waals surface area contributed by atoms with Crippen LogP contribution in [-0.2, 0) is 9.59 Å². The molecule has 1 aliphatic rings. The van der Waals surface area contributed by atoms with Gasteiger partial charge in [-0.05, 0) is 32.6 Å². The molecule has 1 aliphatic carbocycles. The van der Waals surface area contributed by atoms with Crippen molar-refractivity contribution in [2.75, 3.05) is 0 Å². The molecular formula is C11H18O3. The minimum absolute atomic E-state index is 0.118. The second kappa shape index (κ2) is 4.11. The highest BCUT2D eigenvalue weighted by Crippen LogP contribution is 2.39. The Balaban J connectivity index is 2.54. The number of hydrogen-bond acceptors (Lipinski definition) is 2. The summed E-state index contributed by atoms with van der Waals surface area (Å²) < 4.78 is 0. The van der Waals surface area contributed by atoms with E-state index < -0.39 is 11.4 Å². The maximum Gasteiger partial charge on any atom is 0.309 e. The molecule has 1 rings (SSSR count). The number of hydrogen-bond donors (Lipinski definition) is 1. The predicted molar refractivity (Wildman–Crippen MR) is 53.0 cm³/mol. The van der Waals surface area contributed by atoms with Crippen molar-refractivity contribution in [3.63, 3.8) is 0 Å². The predicted octanol–water partition coefficient (Wildman–Crippen LogP) is 2.25. The summed E-state index contributed by atoms with van der Waals surface area (Å²) in [6.07, 6.45) is 3.34. The molecule has 14 heavy (non-hydrogen) atoms. The van der Waals surface area contributed by atoms with Crippen molar-refractivity contribution < 1.29 is 14.7 Å². The third-order valence-electron chi connectivity index (χ3n) is 3.41. The van der Waals surface area contributed by atoms with Crippen LogP contribution in [0.25, 0.3) is 0 Å². The van der Waals surface area contributed by atoms with Gasteiger partial charge in [-0.25, -0.2) is 0 Å². The van der Waals surface area contributed by atoms with Crippen LogP contribution in [0.5, 0.6) is 0 Å². The molecule has 0 bridgehead atoms. The van der Waals surface area contributed by atoms with Gasteiger partial charge in [-0.1, -0.05) is 6.92 Å². The van der Waals surface area contributed by atoms with E-state index in [1.165, 1.54) is 0 Å². The standard InChI is InChI=1S/C11H18O3/c1-3-9(12)8-4-6-11(2,7-5-8)10(13)14/h8H,3-7H2,1-2H3,(H,13,14)/t8-,11-. The second-order valence-corrected chi connectivity index (χ2v) is 4.46. The number of ketones is 1. The van der Waals surface area contributed by atoms with Crippen LogP contribution in [0.15, 0.2) is 0 Å². The van der Waals surface area contributed by atoms with Crippen LogP contribution in [0.2, 0.25) is 0 Å². The van der Waals surface area contributed by atoms with E-state index in [4.69, 9.17) is 5.11 Å². The Kier molecular flexibility index (Phi) is 3.29. The van der Waals surface area contributed by atoms with Crippen molar-refractivity contribution in [1.82, 2.24) is 0 Å². The monoisotopic (exact) mass is 198 g/mol. The van der Waals surface area contributed by atoms with E-state index in [9.17, 15) is 9.59 Å². The second-order valence-electron chi connectivity index (χ2n) is 4.46. The summed E-state index contributed by atoms with van der Waals surface area (Å²) in [6, 6.07) is 0. The fraction of sp³-hybridized carbons (Fsp3) is 0.818. The largest absolute Gasteiger partial charge is 0.481 e. The first-order valence-electron chi connectivity index (χ1n) is 5.25. The Morgan fingerprint density at radius 1 is 1.36 bits per heavy atom. The average Bonchev–Trinajstić information content (AvgIpc) is 2.17. The molecule has 1 saturated carbocycles. The first-order chi connectivity index (χ1) is 6.49. The highest BCUT2D eigenvalue weighted by Gasteiger charge is 2.38.